The number of methoxy groups -OCH3 is 2. The Morgan fingerprint density at radius 3 is 2.12 bits per heavy atom. The molecule has 1 aromatic carbocycles. The molecule has 1 saturated heterocycles. The van der Waals surface area contributed by atoms with Crippen molar-refractivity contribution in [2.24, 2.45) is 0 Å². The molecule has 0 saturated carbocycles. The Kier molecular flexibility index (Phi) is 12.7. The number of ether oxygens (including phenoxy) is 3. The summed E-state index contributed by atoms with van der Waals surface area (Å²) < 4.78 is 16.8. The normalized spacial score (nSPS) is 14.6. The number of aromatic nitrogens is 2. The Bertz CT molecular complexity index is 1140. The fourth-order valence-electron chi connectivity index (χ4n) is 4.12. The standard InChI is InChI=1S/C21H30N4O3.C6H8O7/c1-24(2)21-22-11-16(12-23-21)13-25(15-19-6-5-9-28-19)14-17-7-8-18(26-3)10-20(17)27-4;7-3(8)1-6(13,5(11)12)2-4(9)10/h7-8,10-12,19H,5-6,9,13-15H2,1-4H3;13H,1-2H2,(H,7,8)(H,9,10)(H,11,12). The van der Waals surface area contributed by atoms with Gasteiger partial charge in [-0.1, -0.05) is 6.07 Å². The van der Waals surface area contributed by atoms with Gasteiger partial charge in [-0.25, -0.2) is 14.8 Å². The van der Waals surface area contributed by atoms with Gasteiger partial charge in [0.05, 0.1) is 33.2 Å². The first-order chi connectivity index (χ1) is 19.4. The van der Waals surface area contributed by atoms with Gasteiger partial charge in [0, 0.05) is 69.9 Å². The smallest absolute Gasteiger partial charge is 0.336 e. The molecule has 14 nitrogen and oxygen atoms in total. The van der Waals surface area contributed by atoms with Crippen LogP contribution in [-0.4, -0.2) is 106 Å². The second-order valence-electron chi connectivity index (χ2n) is 9.75. The largest absolute Gasteiger partial charge is 0.497 e. The van der Waals surface area contributed by atoms with Crippen LogP contribution in [0.3, 0.4) is 0 Å². The topological polar surface area (TPSA) is 192 Å². The van der Waals surface area contributed by atoms with Crippen molar-refractivity contribution in [2.75, 3.05) is 46.4 Å². The van der Waals surface area contributed by atoms with Crippen molar-refractivity contribution in [2.45, 2.75) is 50.5 Å². The van der Waals surface area contributed by atoms with Crippen molar-refractivity contribution in [1.29, 1.82) is 0 Å². The molecule has 14 heteroatoms. The molecule has 0 amide bonds. The van der Waals surface area contributed by atoms with Crippen molar-refractivity contribution in [1.82, 2.24) is 14.9 Å². The summed E-state index contributed by atoms with van der Waals surface area (Å²) in [5, 5.41) is 33.8. The summed E-state index contributed by atoms with van der Waals surface area (Å²) in [5.74, 6) is -2.68. The fraction of sp³-hybridized carbons (Fsp3) is 0.519. The van der Waals surface area contributed by atoms with E-state index in [0.29, 0.717) is 5.95 Å². The highest BCUT2D eigenvalue weighted by Gasteiger charge is 2.40. The molecule has 1 aromatic heterocycles. The zero-order chi connectivity index (χ0) is 30.6. The molecule has 4 N–H and O–H groups in total. The number of hydrogen-bond acceptors (Lipinski definition) is 11. The van der Waals surface area contributed by atoms with E-state index in [1.807, 2.05) is 43.5 Å². The van der Waals surface area contributed by atoms with Gasteiger partial charge in [-0.15, -0.1) is 0 Å². The van der Waals surface area contributed by atoms with Crippen LogP contribution in [0.15, 0.2) is 30.6 Å². The minimum atomic E-state index is -2.74. The number of benzene rings is 1. The first-order valence-corrected chi connectivity index (χ1v) is 12.8. The zero-order valence-corrected chi connectivity index (χ0v) is 23.6. The Morgan fingerprint density at radius 1 is 1.02 bits per heavy atom. The Balaban J connectivity index is 0.000000383. The van der Waals surface area contributed by atoms with Crippen LogP contribution in [0, 0.1) is 0 Å². The molecule has 226 valence electrons. The molecule has 1 fully saturated rings. The van der Waals surface area contributed by atoms with Gasteiger partial charge in [0.15, 0.2) is 5.60 Å². The summed E-state index contributed by atoms with van der Waals surface area (Å²) in [6.07, 6.45) is 4.01. The summed E-state index contributed by atoms with van der Waals surface area (Å²) in [4.78, 5) is 43.6. The Morgan fingerprint density at radius 2 is 1.66 bits per heavy atom. The molecule has 41 heavy (non-hydrogen) atoms. The SMILES string of the molecule is COc1ccc(CN(Cc2cnc(N(C)C)nc2)CC2CCCO2)c(OC)c1.O=C(O)CC(O)(CC(=O)O)C(=O)O. The zero-order valence-electron chi connectivity index (χ0n) is 23.6. The number of anilines is 1. The lowest BCUT2D eigenvalue weighted by Gasteiger charge is -2.26. The van der Waals surface area contributed by atoms with E-state index in [-0.39, 0.29) is 6.10 Å². The molecule has 0 radical (unpaired) electrons. The van der Waals surface area contributed by atoms with Crippen LogP contribution in [-0.2, 0) is 32.2 Å². The van der Waals surface area contributed by atoms with Gasteiger partial charge in [-0.2, -0.15) is 0 Å². The summed E-state index contributed by atoms with van der Waals surface area (Å²) in [6.45, 7) is 3.22. The minimum absolute atomic E-state index is 0.270. The third kappa shape index (κ3) is 10.8. The highest BCUT2D eigenvalue weighted by molar-refractivity contribution is 5.88. The van der Waals surface area contributed by atoms with Gasteiger partial charge >= 0.3 is 17.9 Å². The van der Waals surface area contributed by atoms with Crippen LogP contribution in [0.5, 0.6) is 11.5 Å². The molecule has 1 unspecified atom stereocenters. The number of rotatable bonds is 14. The molecule has 2 aromatic rings. The van der Waals surface area contributed by atoms with E-state index in [2.05, 4.69) is 20.9 Å². The molecule has 1 aliphatic heterocycles. The second kappa shape index (κ2) is 15.7. The molecule has 0 spiro atoms. The lowest BCUT2D eigenvalue weighted by Crippen LogP contribution is -2.42. The monoisotopic (exact) mass is 578 g/mol. The maximum atomic E-state index is 10.3. The number of hydrogen-bond donors (Lipinski definition) is 4. The highest BCUT2D eigenvalue weighted by atomic mass is 16.5. The Hall–Kier alpha value is -4.01. The van der Waals surface area contributed by atoms with E-state index in [0.717, 1.165) is 61.7 Å². The lowest BCUT2D eigenvalue weighted by atomic mass is 9.96. The summed E-state index contributed by atoms with van der Waals surface area (Å²) >= 11 is 0. The number of aliphatic hydroxyl groups is 1. The second-order valence-corrected chi connectivity index (χ2v) is 9.75. The quantitative estimate of drug-likeness (QED) is 0.252. The van der Waals surface area contributed by atoms with Gasteiger partial charge in [0.25, 0.3) is 0 Å². The van der Waals surface area contributed by atoms with Gasteiger partial charge < -0.3 is 39.5 Å². The summed E-state index contributed by atoms with van der Waals surface area (Å²) in [5.41, 5.74) is -0.541. The number of carboxylic acids is 3. The van der Waals surface area contributed by atoms with E-state index >= 15 is 0 Å². The van der Waals surface area contributed by atoms with Crippen molar-refractivity contribution in [3.63, 3.8) is 0 Å². The average molecular weight is 579 g/mol. The van der Waals surface area contributed by atoms with Crippen LogP contribution in [0.4, 0.5) is 5.95 Å². The number of aliphatic carboxylic acids is 3. The maximum Gasteiger partial charge on any atom is 0.336 e. The number of nitrogens with zero attached hydrogens (tertiary/aromatic N) is 4. The van der Waals surface area contributed by atoms with Crippen molar-refractivity contribution in [3.05, 3.63) is 41.7 Å². The molecule has 3 rings (SSSR count). The van der Waals surface area contributed by atoms with Crippen LogP contribution in [0.2, 0.25) is 0 Å². The molecule has 0 bridgehead atoms. The molecule has 0 aliphatic carbocycles. The predicted octanol–water partition coefficient (Wildman–Crippen LogP) is 1.49. The first-order valence-electron chi connectivity index (χ1n) is 12.8. The maximum absolute atomic E-state index is 10.3. The summed E-state index contributed by atoms with van der Waals surface area (Å²) in [6, 6.07) is 5.96. The van der Waals surface area contributed by atoms with Crippen molar-refractivity contribution in [3.8, 4) is 11.5 Å². The minimum Gasteiger partial charge on any atom is -0.497 e. The highest BCUT2D eigenvalue weighted by Crippen LogP contribution is 2.27. The van der Waals surface area contributed by atoms with E-state index in [1.54, 1.807) is 14.2 Å². The van der Waals surface area contributed by atoms with Crippen LogP contribution in [0.1, 0.15) is 36.8 Å². The number of carbonyl (C=O) groups is 3. The van der Waals surface area contributed by atoms with Gasteiger partial charge in [0.1, 0.15) is 11.5 Å². The van der Waals surface area contributed by atoms with Crippen molar-refractivity contribution >= 4 is 23.9 Å². The molecule has 1 atom stereocenters. The third-order valence-corrected chi connectivity index (χ3v) is 6.16. The molecular formula is C27H38N4O10. The summed E-state index contributed by atoms with van der Waals surface area (Å²) in [7, 11) is 7.23. The van der Waals surface area contributed by atoms with Crippen LogP contribution in [0.25, 0.3) is 0 Å². The Labute approximate surface area is 238 Å². The van der Waals surface area contributed by atoms with E-state index in [4.69, 9.17) is 34.6 Å². The van der Waals surface area contributed by atoms with Crippen molar-refractivity contribution < 1.29 is 49.0 Å². The van der Waals surface area contributed by atoms with Gasteiger partial charge in [-0.3, -0.25) is 14.5 Å². The fourth-order valence-corrected chi connectivity index (χ4v) is 4.12. The van der Waals surface area contributed by atoms with Crippen LogP contribution < -0.4 is 14.4 Å². The number of carboxylic acid groups (broad SMARTS) is 3. The lowest BCUT2D eigenvalue weighted by molar-refractivity contribution is -0.170. The van der Waals surface area contributed by atoms with E-state index in [9.17, 15) is 14.4 Å². The molecular weight excluding hydrogens is 540 g/mol. The van der Waals surface area contributed by atoms with E-state index < -0.39 is 36.4 Å². The van der Waals surface area contributed by atoms with Crippen LogP contribution >= 0.6 is 0 Å². The molecule has 2 heterocycles. The predicted molar refractivity (Wildman–Crippen MR) is 146 cm³/mol. The molecule has 1 aliphatic rings. The van der Waals surface area contributed by atoms with Gasteiger partial charge in [0.2, 0.25) is 5.95 Å². The third-order valence-electron chi connectivity index (χ3n) is 6.16. The van der Waals surface area contributed by atoms with E-state index in [1.165, 1.54) is 0 Å². The first kappa shape index (κ1) is 33.2. The van der Waals surface area contributed by atoms with Gasteiger partial charge in [-0.05, 0) is 18.9 Å². The average Bonchev–Trinajstić information content (AvgIpc) is 3.41.